The van der Waals surface area contributed by atoms with E-state index in [1.807, 2.05) is 0 Å². The van der Waals surface area contributed by atoms with Gasteiger partial charge in [-0.05, 0) is 25.8 Å². The van der Waals surface area contributed by atoms with Gasteiger partial charge in [0, 0.05) is 5.41 Å². The third kappa shape index (κ3) is 1.69. The molecule has 0 amide bonds. The summed E-state index contributed by atoms with van der Waals surface area (Å²) in [5.41, 5.74) is 1.63. The zero-order chi connectivity index (χ0) is 10.2. The highest BCUT2D eigenvalue weighted by atomic mass is 16.5. The molecular weight excluding hydrogens is 172 g/mol. The molecule has 1 nitrogen and oxygen atoms in total. The Labute approximate surface area is 86.1 Å². The first-order valence-corrected chi connectivity index (χ1v) is 5.21. The van der Waals surface area contributed by atoms with Gasteiger partial charge in [-0.1, -0.05) is 37.3 Å². The lowest BCUT2D eigenvalue weighted by Crippen LogP contribution is -2.24. The van der Waals surface area contributed by atoms with Gasteiger partial charge in [0.1, 0.15) is 0 Å². The van der Waals surface area contributed by atoms with Crippen LogP contribution in [0.3, 0.4) is 0 Å². The Morgan fingerprint density at radius 3 is 2.21 bits per heavy atom. The van der Waals surface area contributed by atoms with Crippen molar-refractivity contribution in [2.24, 2.45) is 0 Å². The monoisotopic (exact) mass is 190 g/mol. The first-order chi connectivity index (χ1) is 6.52. The van der Waals surface area contributed by atoms with Gasteiger partial charge < -0.3 is 4.74 Å². The smallest absolute Gasteiger partial charge is 0.0636 e. The van der Waals surface area contributed by atoms with Crippen molar-refractivity contribution in [3.8, 4) is 0 Å². The van der Waals surface area contributed by atoms with E-state index in [1.54, 1.807) is 0 Å². The standard InChI is InChI=1S/C13H18O/c1-12(2)9-13(3,10-14-12)11-7-5-4-6-8-11/h4-8H,9-10H2,1-3H3. The molecule has 0 aliphatic carbocycles. The van der Waals surface area contributed by atoms with Gasteiger partial charge in [0.25, 0.3) is 0 Å². The second-order valence-corrected chi connectivity index (χ2v) is 5.15. The molecular formula is C13H18O. The molecule has 1 aromatic carbocycles. The number of rotatable bonds is 1. The van der Waals surface area contributed by atoms with Gasteiger partial charge in [-0.3, -0.25) is 0 Å². The molecule has 1 fully saturated rings. The van der Waals surface area contributed by atoms with Crippen LogP contribution in [0.1, 0.15) is 32.8 Å². The third-order valence-corrected chi connectivity index (χ3v) is 3.07. The lowest BCUT2D eigenvalue weighted by Gasteiger charge is -2.24. The average Bonchev–Trinajstić information content (AvgIpc) is 2.44. The summed E-state index contributed by atoms with van der Waals surface area (Å²) >= 11 is 0. The van der Waals surface area contributed by atoms with E-state index in [-0.39, 0.29) is 11.0 Å². The van der Waals surface area contributed by atoms with Crippen molar-refractivity contribution in [1.82, 2.24) is 0 Å². The van der Waals surface area contributed by atoms with Crippen LogP contribution in [0.25, 0.3) is 0 Å². The van der Waals surface area contributed by atoms with E-state index < -0.39 is 0 Å². The molecule has 1 unspecified atom stereocenters. The SMILES string of the molecule is CC1(C)CC(C)(c2ccccc2)CO1. The molecule has 1 saturated heterocycles. The van der Waals surface area contributed by atoms with E-state index in [0.717, 1.165) is 13.0 Å². The van der Waals surface area contributed by atoms with Gasteiger partial charge in [-0.25, -0.2) is 0 Å². The molecule has 1 atom stereocenters. The Hall–Kier alpha value is -0.820. The fourth-order valence-corrected chi connectivity index (χ4v) is 2.42. The third-order valence-electron chi connectivity index (χ3n) is 3.07. The molecule has 0 N–H and O–H groups in total. The predicted molar refractivity (Wildman–Crippen MR) is 58.4 cm³/mol. The molecule has 0 bridgehead atoms. The van der Waals surface area contributed by atoms with Crippen molar-refractivity contribution < 1.29 is 4.74 Å². The molecule has 14 heavy (non-hydrogen) atoms. The van der Waals surface area contributed by atoms with Crippen LogP contribution in [0.5, 0.6) is 0 Å². The van der Waals surface area contributed by atoms with Crippen LogP contribution in [-0.2, 0) is 10.2 Å². The number of benzene rings is 1. The molecule has 0 radical (unpaired) electrons. The second kappa shape index (κ2) is 3.09. The molecule has 0 aromatic heterocycles. The quantitative estimate of drug-likeness (QED) is 0.661. The van der Waals surface area contributed by atoms with Crippen LogP contribution in [0.4, 0.5) is 0 Å². The maximum Gasteiger partial charge on any atom is 0.0636 e. The highest BCUT2D eigenvalue weighted by Crippen LogP contribution is 2.40. The summed E-state index contributed by atoms with van der Waals surface area (Å²) < 4.78 is 5.81. The van der Waals surface area contributed by atoms with Gasteiger partial charge in [-0.15, -0.1) is 0 Å². The van der Waals surface area contributed by atoms with Crippen molar-refractivity contribution in [3.63, 3.8) is 0 Å². The molecule has 1 aliphatic heterocycles. The molecule has 0 spiro atoms. The van der Waals surface area contributed by atoms with Gasteiger partial charge in [0.2, 0.25) is 0 Å². The van der Waals surface area contributed by atoms with Gasteiger partial charge in [0.05, 0.1) is 12.2 Å². The Bertz CT molecular complexity index is 315. The van der Waals surface area contributed by atoms with Gasteiger partial charge in [-0.2, -0.15) is 0 Å². The molecule has 1 heterocycles. The lowest BCUT2D eigenvalue weighted by atomic mass is 9.78. The van der Waals surface area contributed by atoms with Crippen molar-refractivity contribution in [1.29, 1.82) is 0 Å². The van der Waals surface area contributed by atoms with Crippen LogP contribution < -0.4 is 0 Å². The summed E-state index contributed by atoms with van der Waals surface area (Å²) in [5.74, 6) is 0. The number of hydrogen-bond acceptors (Lipinski definition) is 1. The van der Waals surface area contributed by atoms with Gasteiger partial charge >= 0.3 is 0 Å². The van der Waals surface area contributed by atoms with E-state index in [4.69, 9.17) is 4.74 Å². The largest absolute Gasteiger partial charge is 0.375 e. The first kappa shape index (κ1) is 9.72. The predicted octanol–water partition coefficient (Wildman–Crippen LogP) is 3.14. The van der Waals surface area contributed by atoms with E-state index in [0.29, 0.717) is 0 Å². The van der Waals surface area contributed by atoms with Crippen LogP contribution in [0.15, 0.2) is 30.3 Å². The summed E-state index contributed by atoms with van der Waals surface area (Å²) in [7, 11) is 0. The average molecular weight is 190 g/mol. The van der Waals surface area contributed by atoms with Crippen molar-refractivity contribution in [3.05, 3.63) is 35.9 Å². The van der Waals surface area contributed by atoms with Crippen LogP contribution in [0.2, 0.25) is 0 Å². The van der Waals surface area contributed by atoms with Crippen molar-refractivity contribution in [2.75, 3.05) is 6.61 Å². The molecule has 1 heteroatoms. The minimum absolute atomic E-state index is 0.0323. The van der Waals surface area contributed by atoms with Crippen LogP contribution in [0, 0.1) is 0 Å². The van der Waals surface area contributed by atoms with E-state index >= 15 is 0 Å². The maximum atomic E-state index is 5.81. The van der Waals surface area contributed by atoms with Gasteiger partial charge in [0.15, 0.2) is 0 Å². The molecule has 76 valence electrons. The maximum absolute atomic E-state index is 5.81. The van der Waals surface area contributed by atoms with Crippen LogP contribution in [-0.4, -0.2) is 12.2 Å². The van der Waals surface area contributed by atoms with Crippen molar-refractivity contribution in [2.45, 2.75) is 38.2 Å². The number of hydrogen-bond donors (Lipinski definition) is 0. The summed E-state index contributed by atoms with van der Waals surface area (Å²) in [5, 5.41) is 0. The first-order valence-electron chi connectivity index (χ1n) is 5.21. The van der Waals surface area contributed by atoms with E-state index in [9.17, 15) is 0 Å². The summed E-state index contributed by atoms with van der Waals surface area (Å²) in [6, 6.07) is 10.7. The highest BCUT2D eigenvalue weighted by Gasteiger charge is 2.41. The highest BCUT2D eigenvalue weighted by molar-refractivity contribution is 5.26. The number of ether oxygens (including phenoxy) is 1. The lowest BCUT2D eigenvalue weighted by molar-refractivity contribution is 0.0344. The normalized spacial score (nSPS) is 30.5. The minimum atomic E-state index is 0.0323. The zero-order valence-corrected chi connectivity index (χ0v) is 9.21. The Morgan fingerprint density at radius 2 is 1.71 bits per heavy atom. The second-order valence-electron chi connectivity index (χ2n) is 5.15. The Morgan fingerprint density at radius 1 is 1.07 bits per heavy atom. The summed E-state index contributed by atoms with van der Waals surface area (Å²) in [4.78, 5) is 0. The Kier molecular flexibility index (Phi) is 2.15. The van der Waals surface area contributed by atoms with E-state index in [1.165, 1.54) is 5.56 Å². The molecule has 0 saturated carbocycles. The topological polar surface area (TPSA) is 9.23 Å². The fraction of sp³-hybridized carbons (Fsp3) is 0.538. The van der Waals surface area contributed by atoms with Crippen molar-refractivity contribution >= 4 is 0 Å². The molecule has 1 aromatic rings. The molecule has 1 aliphatic rings. The minimum Gasteiger partial charge on any atom is -0.375 e. The molecule has 2 rings (SSSR count). The summed E-state index contributed by atoms with van der Waals surface area (Å²) in [6.07, 6.45) is 1.10. The zero-order valence-electron chi connectivity index (χ0n) is 9.21. The van der Waals surface area contributed by atoms with Crippen LogP contribution >= 0.6 is 0 Å². The Balaban J connectivity index is 2.27. The van der Waals surface area contributed by atoms with E-state index in [2.05, 4.69) is 51.1 Å². The fourth-order valence-electron chi connectivity index (χ4n) is 2.42. The summed E-state index contributed by atoms with van der Waals surface area (Å²) in [6.45, 7) is 7.46.